The van der Waals surface area contributed by atoms with E-state index in [2.05, 4.69) is 13.8 Å². The molecule has 0 amide bonds. The molecule has 1 saturated heterocycles. The summed E-state index contributed by atoms with van der Waals surface area (Å²) in [5, 5.41) is 0. The van der Waals surface area contributed by atoms with Crippen LogP contribution in [0.5, 0.6) is 0 Å². The van der Waals surface area contributed by atoms with Crippen LogP contribution in [0.4, 0.5) is 0 Å². The molecule has 72 valence electrons. The molecule has 1 heterocycles. The van der Waals surface area contributed by atoms with E-state index in [1.165, 1.54) is 19.3 Å². The van der Waals surface area contributed by atoms with Gasteiger partial charge in [0.2, 0.25) is 0 Å². The van der Waals surface area contributed by atoms with Crippen LogP contribution in [0.3, 0.4) is 0 Å². The van der Waals surface area contributed by atoms with Crippen LogP contribution in [0.25, 0.3) is 0 Å². The summed E-state index contributed by atoms with van der Waals surface area (Å²) >= 11 is 0. The van der Waals surface area contributed by atoms with E-state index in [9.17, 15) is 0 Å². The average Bonchev–Trinajstić information content (AvgIpc) is 2.34. The summed E-state index contributed by atoms with van der Waals surface area (Å²) in [5.41, 5.74) is 0. The monoisotopic (exact) mass is 172 g/mol. The fourth-order valence-electron chi connectivity index (χ4n) is 1.78. The Morgan fingerprint density at radius 2 is 2.17 bits per heavy atom. The minimum absolute atomic E-state index is 0.0616. The van der Waals surface area contributed by atoms with Gasteiger partial charge in [0.25, 0.3) is 0 Å². The van der Waals surface area contributed by atoms with Crippen molar-refractivity contribution in [1.29, 1.82) is 0 Å². The molecule has 0 bridgehead atoms. The molecule has 1 aliphatic heterocycles. The van der Waals surface area contributed by atoms with Crippen LogP contribution < -0.4 is 0 Å². The second kappa shape index (κ2) is 4.83. The first kappa shape index (κ1) is 10.0. The lowest BCUT2D eigenvalue weighted by molar-refractivity contribution is -0.145. The van der Waals surface area contributed by atoms with Crippen molar-refractivity contribution in [3.8, 4) is 0 Å². The quantitative estimate of drug-likeness (QED) is 0.649. The van der Waals surface area contributed by atoms with E-state index in [1.807, 2.05) is 6.92 Å². The van der Waals surface area contributed by atoms with Crippen molar-refractivity contribution in [3.05, 3.63) is 0 Å². The van der Waals surface area contributed by atoms with Gasteiger partial charge in [-0.2, -0.15) is 0 Å². The van der Waals surface area contributed by atoms with Crippen molar-refractivity contribution in [3.63, 3.8) is 0 Å². The predicted octanol–water partition coefficient (Wildman–Crippen LogP) is 2.57. The Labute approximate surface area is 75.2 Å². The highest BCUT2D eigenvalue weighted by molar-refractivity contribution is 4.73. The highest BCUT2D eigenvalue weighted by Crippen LogP contribution is 2.29. The molecule has 0 saturated carbocycles. The molecule has 2 unspecified atom stereocenters. The molecule has 0 aliphatic carbocycles. The topological polar surface area (TPSA) is 18.5 Å². The molecule has 0 spiro atoms. The maximum Gasteiger partial charge on any atom is 0.160 e. The lowest BCUT2D eigenvalue weighted by Crippen LogP contribution is -2.18. The third kappa shape index (κ3) is 2.46. The SMILES string of the molecule is CCC[C@@H]1CC(C)C(OCC)O1. The first-order valence-corrected chi connectivity index (χ1v) is 5.05. The van der Waals surface area contributed by atoms with E-state index in [-0.39, 0.29) is 6.29 Å². The third-order valence-electron chi connectivity index (χ3n) is 2.37. The molecule has 0 aromatic rings. The summed E-state index contributed by atoms with van der Waals surface area (Å²) in [6.07, 6.45) is 4.05. The van der Waals surface area contributed by atoms with Crippen LogP contribution in [0.15, 0.2) is 0 Å². The van der Waals surface area contributed by atoms with E-state index >= 15 is 0 Å². The van der Waals surface area contributed by atoms with Crippen LogP contribution in [0.2, 0.25) is 0 Å². The van der Waals surface area contributed by atoms with Gasteiger partial charge in [-0.25, -0.2) is 0 Å². The predicted molar refractivity (Wildman–Crippen MR) is 49.0 cm³/mol. The second-order valence-corrected chi connectivity index (χ2v) is 3.58. The standard InChI is InChI=1S/C10H20O2/c1-4-6-9-7-8(3)10(12-9)11-5-2/h8-10H,4-7H2,1-3H3/t8?,9-,10?/m1/s1. The van der Waals surface area contributed by atoms with Gasteiger partial charge in [0.15, 0.2) is 6.29 Å². The zero-order chi connectivity index (χ0) is 8.97. The number of hydrogen-bond donors (Lipinski definition) is 0. The first-order valence-electron chi connectivity index (χ1n) is 5.05. The summed E-state index contributed by atoms with van der Waals surface area (Å²) in [6.45, 7) is 7.18. The largest absolute Gasteiger partial charge is 0.353 e. The number of rotatable bonds is 4. The van der Waals surface area contributed by atoms with Crippen LogP contribution in [0, 0.1) is 5.92 Å². The maximum atomic E-state index is 5.73. The smallest absolute Gasteiger partial charge is 0.160 e. The Hall–Kier alpha value is -0.0800. The van der Waals surface area contributed by atoms with Gasteiger partial charge in [-0.05, 0) is 19.8 Å². The summed E-state index contributed by atoms with van der Waals surface area (Å²) in [4.78, 5) is 0. The minimum Gasteiger partial charge on any atom is -0.353 e. The van der Waals surface area contributed by atoms with E-state index in [1.54, 1.807) is 0 Å². The average molecular weight is 172 g/mol. The Morgan fingerprint density at radius 1 is 1.42 bits per heavy atom. The summed E-state index contributed by atoms with van der Waals surface area (Å²) in [7, 11) is 0. The van der Waals surface area contributed by atoms with Crippen LogP contribution in [-0.2, 0) is 9.47 Å². The first-order chi connectivity index (χ1) is 5.77. The Morgan fingerprint density at radius 3 is 2.75 bits per heavy atom. The molecular weight excluding hydrogens is 152 g/mol. The highest BCUT2D eigenvalue weighted by atomic mass is 16.7. The number of hydrogen-bond acceptors (Lipinski definition) is 2. The number of ether oxygens (including phenoxy) is 2. The molecule has 1 fully saturated rings. The van der Waals surface area contributed by atoms with Crippen molar-refractivity contribution in [2.45, 2.75) is 52.4 Å². The molecule has 0 N–H and O–H groups in total. The van der Waals surface area contributed by atoms with E-state index in [0.29, 0.717) is 12.0 Å². The van der Waals surface area contributed by atoms with Gasteiger partial charge in [0.1, 0.15) is 0 Å². The minimum atomic E-state index is 0.0616. The molecule has 3 atom stereocenters. The molecule has 12 heavy (non-hydrogen) atoms. The van der Waals surface area contributed by atoms with Crippen molar-refractivity contribution >= 4 is 0 Å². The van der Waals surface area contributed by atoms with E-state index < -0.39 is 0 Å². The fourth-order valence-corrected chi connectivity index (χ4v) is 1.78. The summed E-state index contributed by atoms with van der Waals surface area (Å²) < 4.78 is 11.2. The Bertz CT molecular complexity index is 125. The van der Waals surface area contributed by atoms with Gasteiger partial charge in [0, 0.05) is 12.5 Å². The molecule has 0 aromatic heterocycles. The summed E-state index contributed by atoms with van der Waals surface area (Å²) in [5.74, 6) is 0.571. The molecule has 1 aliphatic rings. The molecule has 1 rings (SSSR count). The van der Waals surface area contributed by atoms with E-state index in [0.717, 1.165) is 6.61 Å². The van der Waals surface area contributed by atoms with Crippen molar-refractivity contribution < 1.29 is 9.47 Å². The normalized spacial score (nSPS) is 35.8. The van der Waals surface area contributed by atoms with Crippen molar-refractivity contribution in [2.24, 2.45) is 5.92 Å². The van der Waals surface area contributed by atoms with E-state index in [4.69, 9.17) is 9.47 Å². The van der Waals surface area contributed by atoms with Crippen LogP contribution in [0.1, 0.15) is 40.0 Å². The zero-order valence-electron chi connectivity index (χ0n) is 8.38. The van der Waals surface area contributed by atoms with Gasteiger partial charge < -0.3 is 9.47 Å². The molecule has 0 aromatic carbocycles. The van der Waals surface area contributed by atoms with Crippen molar-refractivity contribution in [1.82, 2.24) is 0 Å². The van der Waals surface area contributed by atoms with Crippen molar-refractivity contribution in [2.75, 3.05) is 6.61 Å². The molecule has 0 radical (unpaired) electrons. The van der Waals surface area contributed by atoms with Gasteiger partial charge >= 0.3 is 0 Å². The lowest BCUT2D eigenvalue weighted by atomic mass is 10.0. The highest BCUT2D eigenvalue weighted by Gasteiger charge is 2.31. The Balaban J connectivity index is 2.29. The molecule has 2 nitrogen and oxygen atoms in total. The molecule has 2 heteroatoms. The van der Waals surface area contributed by atoms with Gasteiger partial charge in [-0.3, -0.25) is 0 Å². The zero-order valence-corrected chi connectivity index (χ0v) is 8.38. The maximum absolute atomic E-state index is 5.73. The van der Waals surface area contributed by atoms with Gasteiger partial charge in [0.05, 0.1) is 6.10 Å². The molecular formula is C10H20O2. The lowest BCUT2D eigenvalue weighted by Gasteiger charge is -2.14. The Kier molecular flexibility index (Phi) is 4.02. The fraction of sp³-hybridized carbons (Fsp3) is 1.00. The summed E-state index contributed by atoms with van der Waals surface area (Å²) in [6, 6.07) is 0. The van der Waals surface area contributed by atoms with Gasteiger partial charge in [-0.15, -0.1) is 0 Å². The third-order valence-corrected chi connectivity index (χ3v) is 2.37. The second-order valence-electron chi connectivity index (χ2n) is 3.58. The van der Waals surface area contributed by atoms with Gasteiger partial charge in [-0.1, -0.05) is 20.3 Å². The van der Waals surface area contributed by atoms with Crippen LogP contribution in [-0.4, -0.2) is 19.0 Å². The van der Waals surface area contributed by atoms with Crippen LogP contribution >= 0.6 is 0 Å².